The molecule has 1 aliphatic rings. The third-order valence-electron chi connectivity index (χ3n) is 3.18. The molecule has 1 aromatic rings. The van der Waals surface area contributed by atoms with Gasteiger partial charge in [-0.15, -0.1) is 0 Å². The summed E-state index contributed by atoms with van der Waals surface area (Å²) in [4.78, 5) is 11.9. The molecule has 1 aromatic carbocycles. The molecule has 1 amide bonds. The summed E-state index contributed by atoms with van der Waals surface area (Å²) in [5.74, 6) is 0.520. The minimum absolute atomic E-state index is 0.159. The van der Waals surface area contributed by atoms with Crippen LogP contribution < -0.4 is 5.43 Å². The molecule has 1 atom stereocenters. The fraction of sp³-hybridized carbons (Fsp3) is 0.429. The van der Waals surface area contributed by atoms with Gasteiger partial charge in [-0.2, -0.15) is 5.10 Å². The smallest absolute Gasteiger partial charge is 0.267 e. The number of carbonyl (C=O) groups excluding carboxylic acids is 1. The van der Waals surface area contributed by atoms with Crippen molar-refractivity contribution in [1.82, 2.24) is 5.43 Å². The number of benzene rings is 1. The summed E-state index contributed by atoms with van der Waals surface area (Å²) in [5.41, 5.74) is 4.37. The van der Waals surface area contributed by atoms with Crippen LogP contribution in [0.1, 0.15) is 43.0 Å². The van der Waals surface area contributed by atoms with Crippen LogP contribution in [0.15, 0.2) is 33.8 Å². The fourth-order valence-corrected chi connectivity index (χ4v) is 2.66. The lowest BCUT2D eigenvalue weighted by Crippen LogP contribution is -2.22. The lowest BCUT2D eigenvalue weighted by Gasteiger charge is -2.18. The Labute approximate surface area is 116 Å². The summed E-state index contributed by atoms with van der Waals surface area (Å²) in [6.07, 6.45) is 4.43. The first-order valence-electron chi connectivity index (χ1n) is 6.27. The normalized spacial score (nSPS) is 21.9. The van der Waals surface area contributed by atoms with Crippen LogP contribution in [0.2, 0.25) is 0 Å². The molecule has 1 fully saturated rings. The molecule has 2 rings (SSSR count). The Morgan fingerprint density at radius 2 is 2.22 bits per heavy atom. The first kappa shape index (κ1) is 13.3. The predicted molar refractivity (Wildman–Crippen MR) is 76.7 cm³/mol. The molecule has 1 saturated carbocycles. The number of nitrogens with zero attached hydrogens (tertiary/aromatic N) is 1. The molecular formula is C14H17BrN2O. The standard InChI is InChI=1S/C14H17BrN2O/c1-10-5-4-6-11(9-10)16-17-14(18)12-7-2-3-8-13(12)15/h2-3,7-8,10H,4-6,9H2,1H3,(H,17,18)/b16-11-/t10-/m1/s1. The van der Waals surface area contributed by atoms with Gasteiger partial charge in [0.2, 0.25) is 0 Å². The number of amides is 1. The number of hydrogen-bond acceptors (Lipinski definition) is 2. The first-order chi connectivity index (χ1) is 8.66. The maximum atomic E-state index is 11.9. The van der Waals surface area contributed by atoms with E-state index in [1.165, 1.54) is 12.8 Å². The maximum Gasteiger partial charge on any atom is 0.272 e. The number of nitrogens with one attached hydrogen (secondary N) is 1. The van der Waals surface area contributed by atoms with Crippen molar-refractivity contribution >= 4 is 27.5 Å². The van der Waals surface area contributed by atoms with Crippen molar-refractivity contribution in [2.24, 2.45) is 11.0 Å². The summed E-state index contributed by atoms with van der Waals surface area (Å²) < 4.78 is 0.791. The van der Waals surface area contributed by atoms with E-state index in [-0.39, 0.29) is 5.91 Å². The highest BCUT2D eigenvalue weighted by molar-refractivity contribution is 9.10. The monoisotopic (exact) mass is 308 g/mol. The number of rotatable bonds is 2. The lowest BCUT2D eigenvalue weighted by atomic mass is 9.89. The van der Waals surface area contributed by atoms with Crippen LogP contribution in [-0.2, 0) is 0 Å². The van der Waals surface area contributed by atoms with Crippen molar-refractivity contribution < 1.29 is 4.79 Å². The van der Waals surface area contributed by atoms with Crippen LogP contribution in [-0.4, -0.2) is 11.6 Å². The number of hydrazone groups is 1. The Bertz CT molecular complexity index is 471. The van der Waals surface area contributed by atoms with E-state index in [0.717, 1.165) is 23.0 Å². The van der Waals surface area contributed by atoms with Crippen LogP contribution >= 0.6 is 15.9 Å². The zero-order valence-corrected chi connectivity index (χ0v) is 12.0. The topological polar surface area (TPSA) is 41.5 Å². The van der Waals surface area contributed by atoms with Gasteiger partial charge in [0.15, 0.2) is 0 Å². The van der Waals surface area contributed by atoms with E-state index in [1.807, 2.05) is 18.2 Å². The largest absolute Gasteiger partial charge is 0.272 e. The minimum Gasteiger partial charge on any atom is -0.267 e. The molecule has 0 radical (unpaired) electrons. The molecule has 0 aliphatic heterocycles. The van der Waals surface area contributed by atoms with Gasteiger partial charge >= 0.3 is 0 Å². The van der Waals surface area contributed by atoms with E-state index >= 15 is 0 Å². The molecule has 1 N–H and O–H groups in total. The minimum atomic E-state index is -0.159. The van der Waals surface area contributed by atoms with Gasteiger partial charge in [0.1, 0.15) is 0 Å². The van der Waals surface area contributed by atoms with Crippen LogP contribution in [0.3, 0.4) is 0 Å². The molecule has 0 heterocycles. The van der Waals surface area contributed by atoms with Crippen molar-refractivity contribution in [3.8, 4) is 0 Å². The Morgan fingerprint density at radius 1 is 1.44 bits per heavy atom. The average molecular weight is 309 g/mol. The van der Waals surface area contributed by atoms with Gasteiger partial charge in [0.25, 0.3) is 5.91 Å². The second-order valence-electron chi connectivity index (χ2n) is 4.80. The second-order valence-corrected chi connectivity index (χ2v) is 5.65. The molecule has 0 aromatic heterocycles. The van der Waals surface area contributed by atoms with Crippen LogP contribution in [0.5, 0.6) is 0 Å². The van der Waals surface area contributed by atoms with Gasteiger partial charge in [0, 0.05) is 10.2 Å². The van der Waals surface area contributed by atoms with Crippen LogP contribution in [0.25, 0.3) is 0 Å². The maximum absolute atomic E-state index is 11.9. The van der Waals surface area contributed by atoms with E-state index < -0.39 is 0 Å². The highest BCUT2D eigenvalue weighted by Crippen LogP contribution is 2.21. The van der Waals surface area contributed by atoms with Crippen molar-refractivity contribution in [3.05, 3.63) is 34.3 Å². The highest BCUT2D eigenvalue weighted by atomic mass is 79.9. The summed E-state index contributed by atoms with van der Waals surface area (Å²) in [6, 6.07) is 7.36. The van der Waals surface area contributed by atoms with Crippen LogP contribution in [0.4, 0.5) is 0 Å². The van der Waals surface area contributed by atoms with E-state index in [2.05, 4.69) is 33.4 Å². The Hall–Kier alpha value is -1.16. The van der Waals surface area contributed by atoms with Gasteiger partial charge in [-0.05, 0) is 59.7 Å². The van der Waals surface area contributed by atoms with Gasteiger partial charge < -0.3 is 0 Å². The van der Waals surface area contributed by atoms with Crippen molar-refractivity contribution in [2.45, 2.75) is 32.6 Å². The molecule has 1 aliphatic carbocycles. The lowest BCUT2D eigenvalue weighted by molar-refractivity contribution is 0.0953. The SMILES string of the molecule is C[C@@H]1CCC/C(=N/NC(=O)c2ccccc2Br)C1. The molecule has 0 bridgehead atoms. The second kappa shape index (κ2) is 6.14. The molecule has 0 saturated heterocycles. The Balaban J connectivity index is 2.00. The Morgan fingerprint density at radius 3 is 2.94 bits per heavy atom. The molecule has 18 heavy (non-hydrogen) atoms. The van der Waals surface area contributed by atoms with Gasteiger partial charge in [-0.1, -0.05) is 19.1 Å². The van der Waals surface area contributed by atoms with Crippen molar-refractivity contribution in [3.63, 3.8) is 0 Å². The predicted octanol–water partition coefficient (Wildman–Crippen LogP) is 3.75. The first-order valence-corrected chi connectivity index (χ1v) is 7.06. The Kier molecular flexibility index (Phi) is 4.53. The molecule has 0 spiro atoms. The summed E-state index contributed by atoms with van der Waals surface area (Å²) in [7, 11) is 0. The zero-order valence-electron chi connectivity index (χ0n) is 10.4. The molecule has 0 unspecified atom stereocenters. The van der Waals surface area contributed by atoms with E-state index in [4.69, 9.17) is 0 Å². The quantitative estimate of drug-likeness (QED) is 0.831. The third-order valence-corrected chi connectivity index (χ3v) is 3.87. The van der Waals surface area contributed by atoms with E-state index in [0.29, 0.717) is 11.5 Å². The highest BCUT2D eigenvalue weighted by Gasteiger charge is 2.15. The van der Waals surface area contributed by atoms with Gasteiger partial charge in [0.05, 0.1) is 5.56 Å². The fourth-order valence-electron chi connectivity index (χ4n) is 2.20. The van der Waals surface area contributed by atoms with Crippen LogP contribution in [0, 0.1) is 5.92 Å². The summed E-state index contributed by atoms with van der Waals surface area (Å²) in [5, 5.41) is 4.25. The third kappa shape index (κ3) is 3.42. The summed E-state index contributed by atoms with van der Waals surface area (Å²) >= 11 is 3.36. The van der Waals surface area contributed by atoms with Gasteiger partial charge in [-0.3, -0.25) is 4.79 Å². The van der Waals surface area contributed by atoms with Crippen molar-refractivity contribution in [1.29, 1.82) is 0 Å². The zero-order chi connectivity index (χ0) is 13.0. The number of halogens is 1. The van der Waals surface area contributed by atoms with Crippen molar-refractivity contribution in [2.75, 3.05) is 0 Å². The summed E-state index contributed by atoms with van der Waals surface area (Å²) in [6.45, 7) is 2.23. The molecule has 96 valence electrons. The number of carbonyl (C=O) groups is 1. The molecular weight excluding hydrogens is 292 g/mol. The molecule has 4 heteroatoms. The number of hydrogen-bond donors (Lipinski definition) is 1. The molecule has 3 nitrogen and oxygen atoms in total. The van der Waals surface area contributed by atoms with E-state index in [1.54, 1.807) is 6.07 Å². The van der Waals surface area contributed by atoms with E-state index in [9.17, 15) is 4.79 Å². The average Bonchev–Trinajstić information content (AvgIpc) is 2.37. The van der Waals surface area contributed by atoms with Gasteiger partial charge in [-0.25, -0.2) is 5.43 Å².